The van der Waals surface area contributed by atoms with E-state index in [-0.39, 0.29) is 18.1 Å². The van der Waals surface area contributed by atoms with Gasteiger partial charge >= 0.3 is 0 Å². The summed E-state index contributed by atoms with van der Waals surface area (Å²) in [5.41, 5.74) is 1.87. The van der Waals surface area contributed by atoms with Crippen LogP contribution >= 0.6 is 0 Å². The maximum absolute atomic E-state index is 12.8. The predicted molar refractivity (Wildman–Crippen MR) is 109 cm³/mol. The van der Waals surface area contributed by atoms with Gasteiger partial charge in [-0.3, -0.25) is 9.78 Å². The van der Waals surface area contributed by atoms with Crippen LogP contribution in [0.1, 0.15) is 44.1 Å². The fraction of sp³-hybridized carbons (Fsp3) is 0.636. The molecule has 2 fully saturated rings. The van der Waals surface area contributed by atoms with Gasteiger partial charge in [0.05, 0.1) is 24.3 Å². The van der Waals surface area contributed by atoms with Crippen molar-refractivity contribution in [1.29, 1.82) is 0 Å². The highest BCUT2D eigenvalue weighted by Gasteiger charge is 2.44. The van der Waals surface area contributed by atoms with Crippen molar-refractivity contribution < 1.29 is 9.53 Å². The summed E-state index contributed by atoms with van der Waals surface area (Å²) in [7, 11) is 1.78. The van der Waals surface area contributed by atoms with E-state index in [4.69, 9.17) is 4.74 Å². The third-order valence-electron chi connectivity index (χ3n) is 6.31. The van der Waals surface area contributed by atoms with Crippen molar-refractivity contribution in [3.63, 3.8) is 0 Å². The van der Waals surface area contributed by atoms with Crippen LogP contribution < -0.4 is 0 Å². The normalized spacial score (nSPS) is 26.7. The third-order valence-corrected chi connectivity index (χ3v) is 6.31. The van der Waals surface area contributed by atoms with Crippen LogP contribution in [-0.2, 0) is 22.4 Å². The number of pyridine rings is 1. The van der Waals surface area contributed by atoms with Crippen LogP contribution in [-0.4, -0.2) is 57.1 Å². The molecular formula is C22H31N5O2. The zero-order valence-corrected chi connectivity index (χ0v) is 17.6. The second-order valence-electron chi connectivity index (χ2n) is 8.92. The monoisotopic (exact) mass is 397 g/mol. The predicted octanol–water partition coefficient (Wildman–Crippen LogP) is 2.54. The van der Waals surface area contributed by atoms with Crippen molar-refractivity contribution in [2.45, 2.75) is 51.7 Å². The minimum Gasteiger partial charge on any atom is -0.379 e. The van der Waals surface area contributed by atoms with E-state index in [1.807, 2.05) is 27.8 Å². The minimum absolute atomic E-state index is 0.107. The average molecular weight is 398 g/mol. The molecule has 2 aromatic heterocycles. The van der Waals surface area contributed by atoms with Crippen LogP contribution in [0.2, 0.25) is 0 Å². The lowest BCUT2D eigenvalue weighted by atomic mass is 9.77. The zero-order valence-electron chi connectivity index (χ0n) is 17.6. The summed E-state index contributed by atoms with van der Waals surface area (Å²) in [4.78, 5) is 19.1. The zero-order chi connectivity index (χ0) is 20.4. The third kappa shape index (κ3) is 4.50. The summed E-state index contributed by atoms with van der Waals surface area (Å²) < 4.78 is 7.85. The van der Waals surface area contributed by atoms with Crippen molar-refractivity contribution in [1.82, 2.24) is 24.9 Å². The smallest absolute Gasteiger partial charge is 0.228 e. The Kier molecular flexibility index (Phi) is 5.94. The molecule has 156 valence electrons. The molecule has 2 aromatic rings. The summed E-state index contributed by atoms with van der Waals surface area (Å²) in [6.07, 6.45) is 7.17. The number of amides is 1. The molecule has 2 aliphatic rings. The molecule has 3 heterocycles. The first kappa shape index (κ1) is 20.0. The van der Waals surface area contributed by atoms with Crippen LogP contribution in [0.5, 0.6) is 0 Å². The summed E-state index contributed by atoms with van der Waals surface area (Å²) in [5, 5.41) is 8.77. The molecule has 1 saturated carbocycles. The maximum atomic E-state index is 12.8. The Morgan fingerprint density at radius 1 is 1.21 bits per heavy atom. The molecule has 4 rings (SSSR count). The Morgan fingerprint density at radius 3 is 2.69 bits per heavy atom. The van der Waals surface area contributed by atoms with E-state index in [1.54, 1.807) is 13.3 Å². The van der Waals surface area contributed by atoms with Gasteiger partial charge in [-0.25, -0.2) is 4.68 Å². The fourth-order valence-electron chi connectivity index (χ4n) is 4.88. The van der Waals surface area contributed by atoms with Gasteiger partial charge in [0.15, 0.2) is 0 Å². The molecule has 1 saturated heterocycles. The number of fused-ring (bicyclic) bond motifs is 1. The number of methoxy groups -OCH3 is 1. The molecule has 0 spiro atoms. The van der Waals surface area contributed by atoms with Crippen molar-refractivity contribution in [2.24, 2.45) is 17.8 Å². The van der Waals surface area contributed by atoms with Gasteiger partial charge in [-0.1, -0.05) is 25.1 Å². The van der Waals surface area contributed by atoms with E-state index in [9.17, 15) is 4.79 Å². The number of likely N-dealkylation sites (tertiary alicyclic amines) is 1. The Hall–Kier alpha value is -2.28. The summed E-state index contributed by atoms with van der Waals surface area (Å²) in [6, 6.07) is 5.90. The van der Waals surface area contributed by atoms with Gasteiger partial charge in [0.2, 0.25) is 5.91 Å². The Morgan fingerprint density at radius 2 is 2.00 bits per heavy atom. The molecule has 1 aliphatic carbocycles. The largest absolute Gasteiger partial charge is 0.379 e. The highest BCUT2D eigenvalue weighted by Crippen LogP contribution is 2.42. The number of rotatable bonds is 6. The Balaban J connectivity index is 1.42. The minimum atomic E-state index is 0.107. The van der Waals surface area contributed by atoms with Gasteiger partial charge < -0.3 is 9.64 Å². The summed E-state index contributed by atoms with van der Waals surface area (Å²) in [6.45, 7) is 6.02. The molecule has 0 bridgehead atoms. The second-order valence-corrected chi connectivity index (χ2v) is 8.92. The molecule has 1 amide bonds. The first-order valence-corrected chi connectivity index (χ1v) is 10.6. The van der Waals surface area contributed by atoms with Gasteiger partial charge in [0, 0.05) is 38.3 Å². The van der Waals surface area contributed by atoms with Gasteiger partial charge in [-0.2, -0.15) is 0 Å². The molecule has 0 radical (unpaired) electrons. The second kappa shape index (κ2) is 8.61. The van der Waals surface area contributed by atoms with Crippen molar-refractivity contribution in [3.05, 3.63) is 42.0 Å². The van der Waals surface area contributed by atoms with Crippen molar-refractivity contribution in [3.8, 4) is 0 Å². The van der Waals surface area contributed by atoms with Crippen LogP contribution in [0.4, 0.5) is 0 Å². The van der Waals surface area contributed by atoms with Gasteiger partial charge in [0.25, 0.3) is 0 Å². The maximum Gasteiger partial charge on any atom is 0.228 e. The molecule has 0 N–H and O–H groups in total. The molecular weight excluding hydrogens is 366 g/mol. The lowest BCUT2D eigenvalue weighted by Gasteiger charge is -2.36. The highest BCUT2D eigenvalue weighted by atomic mass is 16.5. The Labute approximate surface area is 172 Å². The van der Waals surface area contributed by atoms with Crippen LogP contribution in [0.15, 0.2) is 30.6 Å². The van der Waals surface area contributed by atoms with Crippen LogP contribution in [0.25, 0.3) is 0 Å². The number of hydrogen-bond acceptors (Lipinski definition) is 5. The topological polar surface area (TPSA) is 73.1 Å². The van der Waals surface area contributed by atoms with Crippen molar-refractivity contribution >= 4 is 5.91 Å². The van der Waals surface area contributed by atoms with Gasteiger partial charge in [-0.15, -0.1) is 5.10 Å². The molecule has 7 heteroatoms. The number of hydrogen-bond donors (Lipinski definition) is 0. The van der Waals surface area contributed by atoms with Gasteiger partial charge in [-0.05, 0) is 49.1 Å². The standard InChI is InChI=1S/C22H31N5O2/c1-15(2)8-19-14-27(25-24-19)20-9-16-12-26(13-17(16)10-21(20)29-3)22(28)11-18-6-4-5-7-23-18/h4-7,14-17,20-21H,8-13H2,1-3H3/t16-,17+,20-,21-/m1/s1. The van der Waals surface area contributed by atoms with Crippen LogP contribution in [0, 0.1) is 17.8 Å². The van der Waals surface area contributed by atoms with E-state index >= 15 is 0 Å². The van der Waals surface area contributed by atoms with E-state index < -0.39 is 0 Å². The molecule has 7 nitrogen and oxygen atoms in total. The van der Waals surface area contributed by atoms with E-state index in [1.165, 1.54) is 0 Å². The fourth-order valence-corrected chi connectivity index (χ4v) is 4.88. The number of carbonyl (C=O) groups excluding carboxylic acids is 1. The highest BCUT2D eigenvalue weighted by molar-refractivity contribution is 5.78. The lowest BCUT2D eigenvalue weighted by Crippen LogP contribution is -2.37. The quantitative estimate of drug-likeness (QED) is 0.749. The van der Waals surface area contributed by atoms with E-state index in [0.717, 1.165) is 43.7 Å². The number of carbonyl (C=O) groups is 1. The van der Waals surface area contributed by atoms with E-state index in [0.29, 0.717) is 24.2 Å². The Bertz CT molecular complexity index is 822. The number of nitrogens with zero attached hydrogens (tertiary/aromatic N) is 5. The molecule has 29 heavy (non-hydrogen) atoms. The lowest BCUT2D eigenvalue weighted by molar-refractivity contribution is -0.129. The molecule has 4 atom stereocenters. The van der Waals surface area contributed by atoms with E-state index in [2.05, 4.69) is 35.3 Å². The van der Waals surface area contributed by atoms with Crippen molar-refractivity contribution in [2.75, 3.05) is 20.2 Å². The SMILES string of the molecule is CO[C@@H]1C[C@H]2CN(C(=O)Cc3ccccn3)C[C@H]2C[C@H]1n1cc(CC(C)C)nn1. The van der Waals surface area contributed by atoms with Gasteiger partial charge in [0.1, 0.15) is 0 Å². The average Bonchev–Trinajstić information content (AvgIpc) is 3.33. The van der Waals surface area contributed by atoms with Crippen LogP contribution in [0.3, 0.4) is 0 Å². The molecule has 1 aliphatic heterocycles. The summed E-state index contributed by atoms with van der Waals surface area (Å²) in [5.74, 6) is 1.70. The molecule has 0 unspecified atom stereocenters. The first-order valence-electron chi connectivity index (χ1n) is 10.6. The molecule has 0 aromatic carbocycles. The first-order chi connectivity index (χ1) is 14.0. The number of ether oxygens (including phenoxy) is 1. The number of aromatic nitrogens is 4. The summed E-state index contributed by atoms with van der Waals surface area (Å²) >= 11 is 0.